The van der Waals surface area contributed by atoms with Crippen LogP contribution >= 0.6 is 0 Å². The van der Waals surface area contributed by atoms with Crippen molar-refractivity contribution in [1.82, 2.24) is 0 Å². The van der Waals surface area contributed by atoms with Crippen molar-refractivity contribution in [2.45, 2.75) is 32.2 Å². The summed E-state index contributed by atoms with van der Waals surface area (Å²) in [4.78, 5) is 2.37. The third kappa shape index (κ3) is 2.04. The van der Waals surface area contributed by atoms with Gasteiger partial charge in [0.05, 0.1) is 0 Å². The molecule has 1 fully saturated rings. The Morgan fingerprint density at radius 2 is 2.11 bits per heavy atom. The number of aliphatic hydroxyl groups is 1. The highest BCUT2D eigenvalue weighted by Gasteiger charge is 2.38. The Kier molecular flexibility index (Phi) is 3.05. The van der Waals surface area contributed by atoms with Crippen molar-refractivity contribution in [1.29, 1.82) is 0 Å². The van der Waals surface area contributed by atoms with Crippen LogP contribution in [0, 0.1) is 5.92 Å². The Morgan fingerprint density at radius 1 is 1.32 bits per heavy atom. The third-order valence-electron chi connectivity index (χ3n) is 4.52. The maximum Gasteiger partial charge on any atom is 0.231 e. The lowest BCUT2D eigenvalue weighted by molar-refractivity contribution is 0.136. The van der Waals surface area contributed by atoms with Gasteiger partial charge in [0.1, 0.15) is 0 Å². The monoisotopic (exact) mass is 263 g/mol. The van der Waals surface area contributed by atoms with Gasteiger partial charge in [-0.3, -0.25) is 0 Å². The van der Waals surface area contributed by atoms with E-state index in [0.717, 1.165) is 36.6 Å². The van der Waals surface area contributed by atoms with Gasteiger partial charge in [0.2, 0.25) is 6.79 Å². The molecule has 2 heterocycles. The normalized spacial score (nSPS) is 24.6. The molecule has 4 heteroatoms. The molecule has 2 aliphatic rings. The zero-order valence-corrected chi connectivity index (χ0v) is 11.6. The summed E-state index contributed by atoms with van der Waals surface area (Å²) in [5.41, 5.74) is 1.10. The number of piperidine rings is 1. The number of hydrogen-bond acceptors (Lipinski definition) is 4. The summed E-state index contributed by atoms with van der Waals surface area (Å²) in [5.74, 6) is 1.95. The van der Waals surface area contributed by atoms with Crippen LogP contribution in [-0.2, 0) is 0 Å². The molecule has 0 spiro atoms. The number of anilines is 1. The molecule has 0 saturated carbocycles. The zero-order chi connectivity index (χ0) is 13.5. The highest BCUT2D eigenvalue weighted by molar-refractivity contribution is 5.58. The highest BCUT2D eigenvalue weighted by atomic mass is 16.7. The molecule has 0 aliphatic carbocycles. The first kappa shape index (κ1) is 12.6. The zero-order valence-electron chi connectivity index (χ0n) is 11.6. The van der Waals surface area contributed by atoms with Gasteiger partial charge in [-0.15, -0.1) is 0 Å². The van der Waals surface area contributed by atoms with Crippen molar-refractivity contribution >= 4 is 5.69 Å². The molecule has 19 heavy (non-hydrogen) atoms. The van der Waals surface area contributed by atoms with Gasteiger partial charge in [-0.05, 0) is 38.8 Å². The number of rotatable bonds is 2. The Labute approximate surface area is 113 Å². The molecule has 4 nitrogen and oxygen atoms in total. The Morgan fingerprint density at radius 3 is 2.89 bits per heavy atom. The van der Waals surface area contributed by atoms with E-state index in [1.165, 1.54) is 0 Å². The third-order valence-corrected chi connectivity index (χ3v) is 4.52. The molecule has 2 aliphatic heterocycles. The molecule has 0 amide bonds. The maximum absolute atomic E-state index is 9.57. The van der Waals surface area contributed by atoms with E-state index in [1.807, 2.05) is 12.1 Å². The van der Waals surface area contributed by atoms with Gasteiger partial charge < -0.3 is 19.5 Å². The summed E-state index contributed by atoms with van der Waals surface area (Å²) in [6, 6.07) is 6.09. The SMILES string of the molecule is CC1(C)C(CO)CCCN1c1ccc2c(c1)OCO2. The van der Waals surface area contributed by atoms with Gasteiger partial charge in [0, 0.05) is 36.4 Å². The average molecular weight is 263 g/mol. The number of aliphatic hydroxyl groups excluding tert-OH is 1. The van der Waals surface area contributed by atoms with Gasteiger partial charge in [-0.1, -0.05) is 0 Å². The fourth-order valence-corrected chi connectivity index (χ4v) is 3.19. The second kappa shape index (κ2) is 4.60. The van der Waals surface area contributed by atoms with E-state index >= 15 is 0 Å². The van der Waals surface area contributed by atoms with Gasteiger partial charge in [0.15, 0.2) is 11.5 Å². The van der Waals surface area contributed by atoms with E-state index in [4.69, 9.17) is 9.47 Å². The van der Waals surface area contributed by atoms with Crippen molar-refractivity contribution in [3.63, 3.8) is 0 Å². The van der Waals surface area contributed by atoms with Crippen LogP contribution in [0.2, 0.25) is 0 Å². The van der Waals surface area contributed by atoms with Gasteiger partial charge in [0.25, 0.3) is 0 Å². The minimum atomic E-state index is -0.0410. The molecule has 3 rings (SSSR count). The standard InChI is InChI=1S/C15H21NO3/c1-15(2)11(9-17)4-3-7-16(15)12-5-6-13-14(8-12)19-10-18-13/h5-6,8,11,17H,3-4,7,9-10H2,1-2H3. The van der Waals surface area contributed by atoms with E-state index in [1.54, 1.807) is 0 Å². The van der Waals surface area contributed by atoms with Crippen LogP contribution in [0.5, 0.6) is 11.5 Å². The lowest BCUT2D eigenvalue weighted by Crippen LogP contribution is -2.54. The van der Waals surface area contributed by atoms with E-state index < -0.39 is 0 Å². The molecule has 1 N–H and O–H groups in total. The lowest BCUT2D eigenvalue weighted by Gasteiger charge is -2.49. The first-order valence-electron chi connectivity index (χ1n) is 6.91. The molecule has 0 aromatic heterocycles. The smallest absolute Gasteiger partial charge is 0.231 e. The Bertz CT molecular complexity index is 472. The number of hydrogen-bond donors (Lipinski definition) is 1. The predicted octanol–water partition coefficient (Wildman–Crippen LogP) is 2.40. The van der Waals surface area contributed by atoms with Crippen LogP contribution in [0.25, 0.3) is 0 Å². The van der Waals surface area contributed by atoms with Crippen LogP contribution in [0.3, 0.4) is 0 Å². The minimum absolute atomic E-state index is 0.0410. The number of ether oxygens (including phenoxy) is 2. The van der Waals surface area contributed by atoms with E-state index in [2.05, 4.69) is 24.8 Å². The average Bonchev–Trinajstić information content (AvgIpc) is 2.85. The van der Waals surface area contributed by atoms with Crippen LogP contribution in [0.15, 0.2) is 18.2 Å². The quantitative estimate of drug-likeness (QED) is 0.889. The topological polar surface area (TPSA) is 41.9 Å². The fourth-order valence-electron chi connectivity index (χ4n) is 3.19. The predicted molar refractivity (Wildman–Crippen MR) is 73.8 cm³/mol. The summed E-state index contributed by atoms with van der Waals surface area (Å²) in [5, 5.41) is 9.57. The number of benzene rings is 1. The highest BCUT2D eigenvalue weighted by Crippen LogP contribution is 2.41. The second-order valence-corrected chi connectivity index (χ2v) is 5.86. The second-order valence-electron chi connectivity index (χ2n) is 5.86. The maximum atomic E-state index is 9.57. The van der Waals surface area contributed by atoms with Gasteiger partial charge in [-0.2, -0.15) is 0 Å². The summed E-state index contributed by atoms with van der Waals surface area (Å²) in [6.07, 6.45) is 2.20. The van der Waals surface area contributed by atoms with Crippen molar-refractivity contribution in [3.05, 3.63) is 18.2 Å². The van der Waals surface area contributed by atoms with Crippen molar-refractivity contribution in [2.75, 3.05) is 24.8 Å². The van der Waals surface area contributed by atoms with E-state index in [-0.39, 0.29) is 12.1 Å². The van der Waals surface area contributed by atoms with Crippen LogP contribution < -0.4 is 14.4 Å². The van der Waals surface area contributed by atoms with Crippen molar-refractivity contribution in [3.8, 4) is 11.5 Å². The first-order chi connectivity index (χ1) is 9.13. The van der Waals surface area contributed by atoms with Gasteiger partial charge >= 0.3 is 0 Å². The molecular weight excluding hydrogens is 242 g/mol. The van der Waals surface area contributed by atoms with Crippen LogP contribution in [0.4, 0.5) is 5.69 Å². The molecule has 104 valence electrons. The fraction of sp³-hybridized carbons (Fsp3) is 0.600. The molecule has 1 unspecified atom stereocenters. The number of nitrogens with zero attached hydrogens (tertiary/aromatic N) is 1. The first-order valence-corrected chi connectivity index (χ1v) is 6.91. The van der Waals surface area contributed by atoms with Crippen molar-refractivity contribution < 1.29 is 14.6 Å². The van der Waals surface area contributed by atoms with E-state index in [9.17, 15) is 5.11 Å². The molecular formula is C15H21NO3. The summed E-state index contributed by atoms with van der Waals surface area (Å²) >= 11 is 0. The molecule has 1 atom stereocenters. The summed E-state index contributed by atoms with van der Waals surface area (Å²) in [7, 11) is 0. The lowest BCUT2D eigenvalue weighted by atomic mass is 9.79. The molecule has 0 radical (unpaired) electrons. The Balaban J connectivity index is 1.92. The number of fused-ring (bicyclic) bond motifs is 1. The molecule has 1 saturated heterocycles. The molecule has 1 aromatic carbocycles. The largest absolute Gasteiger partial charge is 0.454 e. The molecule has 0 bridgehead atoms. The minimum Gasteiger partial charge on any atom is -0.454 e. The van der Waals surface area contributed by atoms with E-state index in [0.29, 0.717) is 12.7 Å². The summed E-state index contributed by atoms with van der Waals surface area (Å²) in [6.45, 7) is 5.98. The Hall–Kier alpha value is -1.42. The molecule has 1 aromatic rings. The van der Waals surface area contributed by atoms with Gasteiger partial charge in [-0.25, -0.2) is 0 Å². The van der Waals surface area contributed by atoms with Crippen molar-refractivity contribution in [2.24, 2.45) is 5.92 Å². The van der Waals surface area contributed by atoms with Crippen LogP contribution in [0.1, 0.15) is 26.7 Å². The van der Waals surface area contributed by atoms with Crippen LogP contribution in [-0.4, -0.2) is 30.6 Å². The summed E-state index contributed by atoms with van der Waals surface area (Å²) < 4.78 is 10.8.